The summed E-state index contributed by atoms with van der Waals surface area (Å²) in [5.74, 6) is 0.724. The molecule has 0 aromatic heterocycles. The number of rotatable bonds is 6. The molecule has 1 heterocycles. The summed E-state index contributed by atoms with van der Waals surface area (Å²) >= 11 is 0. The van der Waals surface area contributed by atoms with Gasteiger partial charge in [0.15, 0.2) is 6.10 Å². The van der Waals surface area contributed by atoms with Gasteiger partial charge in [0.2, 0.25) is 0 Å². The van der Waals surface area contributed by atoms with E-state index in [9.17, 15) is 4.79 Å². The highest BCUT2D eigenvalue weighted by Crippen LogP contribution is 2.19. The van der Waals surface area contributed by atoms with Crippen molar-refractivity contribution in [3.63, 3.8) is 0 Å². The van der Waals surface area contributed by atoms with E-state index < -0.39 is 0 Å². The van der Waals surface area contributed by atoms with Crippen LogP contribution in [-0.2, 0) is 4.84 Å². The predicted molar refractivity (Wildman–Crippen MR) is 102 cm³/mol. The average Bonchev–Trinajstić information content (AvgIpc) is 3.15. The zero-order chi connectivity index (χ0) is 18.5. The van der Waals surface area contributed by atoms with Crippen LogP contribution >= 0.6 is 0 Å². The minimum Gasteiger partial charge on any atom is -0.497 e. The number of hydrogen-bond acceptors (Lipinski definition) is 4. The summed E-state index contributed by atoms with van der Waals surface area (Å²) in [4.78, 5) is 20.1. The van der Waals surface area contributed by atoms with Gasteiger partial charge >= 0.3 is 0 Å². The number of hydrogen-bond donors (Lipinski definition) is 0. The number of carbonyl (C=O) groups is 1. The zero-order valence-corrected chi connectivity index (χ0v) is 15.4. The molecule has 26 heavy (non-hydrogen) atoms. The van der Waals surface area contributed by atoms with E-state index in [1.807, 2.05) is 6.92 Å². The molecule has 5 nitrogen and oxygen atoms in total. The van der Waals surface area contributed by atoms with Crippen molar-refractivity contribution in [2.45, 2.75) is 26.4 Å². The van der Waals surface area contributed by atoms with Crippen LogP contribution < -0.4 is 4.74 Å². The maximum atomic E-state index is 12.7. The van der Waals surface area contributed by atoms with Crippen LogP contribution in [0.4, 0.5) is 0 Å². The Morgan fingerprint density at radius 2 is 1.88 bits per heavy atom. The van der Waals surface area contributed by atoms with E-state index in [0.717, 1.165) is 17.0 Å². The van der Waals surface area contributed by atoms with Gasteiger partial charge in [-0.05, 0) is 43.7 Å². The molecule has 136 valence electrons. The molecule has 1 aliphatic heterocycles. The number of carbonyl (C=O) groups excluding carboxylic acids is 1. The van der Waals surface area contributed by atoms with Crippen LogP contribution in [-0.4, -0.2) is 42.8 Å². The summed E-state index contributed by atoms with van der Waals surface area (Å²) in [5, 5.41) is 4.22. The van der Waals surface area contributed by atoms with Gasteiger partial charge in [-0.2, -0.15) is 0 Å². The third-order valence-corrected chi connectivity index (χ3v) is 4.55. The number of likely N-dealkylation sites (N-methyl/N-ethyl adjacent to an activating group) is 1. The molecule has 1 aliphatic rings. The topological polar surface area (TPSA) is 51.1 Å². The number of methoxy groups -OCH3 is 1. The molecular weight excluding hydrogens is 328 g/mol. The summed E-state index contributed by atoms with van der Waals surface area (Å²) in [6.07, 6.45) is 0.587. The fraction of sp³-hybridized carbons (Fsp3) is 0.333. The molecule has 0 fully saturated rings. The lowest BCUT2D eigenvalue weighted by Gasteiger charge is -2.23. The molecule has 1 amide bonds. The maximum Gasteiger partial charge on any atom is 0.253 e. The summed E-state index contributed by atoms with van der Waals surface area (Å²) in [6.45, 7) is 5.16. The van der Waals surface area contributed by atoms with Crippen LogP contribution in [0, 0.1) is 6.92 Å². The molecule has 0 saturated carbocycles. The molecule has 0 N–H and O–H groups in total. The number of amides is 1. The first kappa shape index (κ1) is 18.0. The van der Waals surface area contributed by atoms with Crippen LogP contribution in [0.1, 0.15) is 34.8 Å². The molecular formula is C21H24N2O3. The number of oxime groups is 1. The highest BCUT2D eigenvalue weighted by molar-refractivity contribution is 6.01. The zero-order valence-electron chi connectivity index (χ0n) is 15.4. The number of nitrogens with zero attached hydrogens (tertiary/aromatic N) is 2. The SMILES string of the molecule is CCN(C[C@@H]1CC(c2ccc(C)cc2)=NO1)C(=O)c1ccc(OC)cc1. The van der Waals surface area contributed by atoms with Crippen LogP contribution in [0.2, 0.25) is 0 Å². The van der Waals surface area contributed by atoms with Gasteiger partial charge in [-0.1, -0.05) is 35.0 Å². The first-order valence-corrected chi connectivity index (χ1v) is 8.83. The minimum absolute atomic E-state index is 0.0115. The number of benzene rings is 2. The molecule has 2 aromatic carbocycles. The largest absolute Gasteiger partial charge is 0.497 e. The first-order chi connectivity index (χ1) is 12.6. The monoisotopic (exact) mass is 352 g/mol. The Kier molecular flexibility index (Phi) is 5.56. The van der Waals surface area contributed by atoms with Gasteiger partial charge in [-0.25, -0.2) is 0 Å². The predicted octanol–water partition coefficient (Wildman–Crippen LogP) is 3.66. The van der Waals surface area contributed by atoms with Gasteiger partial charge in [0.25, 0.3) is 5.91 Å². The molecule has 3 rings (SSSR count). The summed E-state index contributed by atoms with van der Waals surface area (Å²) in [7, 11) is 1.61. The van der Waals surface area contributed by atoms with Crippen LogP contribution in [0.5, 0.6) is 5.75 Å². The van der Waals surface area contributed by atoms with Crippen molar-refractivity contribution in [1.82, 2.24) is 4.90 Å². The Balaban J connectivity index is 1.62. The summed E-state index contributed by atoms with van der Waals surface area (Å²) < 4.78 is 5.14. The highest BCUT2D eigenvalue weighted by Gasteiger charge is 2.26. The third kappa shape index (κ3) is 4.04. The van der Waals surface area contributed by atoms with Crippen molar-refractivity contribution < 1.29 is 14.4 Å². The second-order valence-corrected chi connectivity index (χ2v) is 6.41. The van der Waals surface area contributed by atoms with Crippen molar-refractivity contribution in [2.24, 2.45) is 5.16 Å². The Bertz CT molecular complexity index is 782. The van der Waals surface area contributed by atoms with Gasteiger partial charge in [-0.15, -0.1) is 0 Å². The lowest BCUT2D eigenvalue weighted by atomic mass is 10.0. The number of ether oxygens (including phenoxy) is 1. The third-order valence-electron chi connectivity index (χ3n) is 4.55. The molecule has 0 radical (unpaired) electrons. The Hall–Kier alpha value is -2.82. The second-order valence-electron chi connectivity index (χ2n) is 6.41. The van der Waals surface area contributed by atoms with E-state index in [4.69, 9.17) is 9.57 Å². The fourth-order valence-electron chi connectivity index (χ4n) is 2.96. The fourth-order valence-corrected chi connectivity index (χ4v) is 2.96. The maximum absolute atomic E-state index is 12.7. The van der Waals surface area contributed by atoms with Gasteiger partial charge in [0, 0.05) is 18.5 Å². The standard InChI is InChI=1S/C21H24N2O3/c1-4-23(21(24)17-9-11-18(25-3)12-10-17)14-19-13-20(22-26-19)16-7-5-15(2)6-8-16/h5-12,19H,4,13-14H2,1-3H3/t19-/m0/s1. The molecule has 5 heteroatoms. The second kappa shape index (κ2) is 8.04. The van der Waals surface area contributed by atoms with Crippen molar-refractivity contribution >= 4 is 11.6 Å². The van der Waals surface area contributed by atoms with Crippen molar-refractivity contribution in [1.29, 1.82) is 0 Å². The molecule has 0 spiro atoms. The van der Waals surface area contributed by atoms with Crippen molar-refractivity contribution in [3.05, 3.63) is 65.2 Å². The molecule has 2 aromatic rings. The molecule has 1 atom stereocenters. The normalized spacial score (nSPS) is 16.0. The Morgan fingerprint density at radius 1 is 1.19 bits per heavy atom. The Labute approximate surface area is 154 Å². The lowest BCUT2D eigenvalue weighted by Crippen LogP contribution is -2.37. The van der Waals surface area contributed by atoms with Gasteiger partial charge in [0.1, 0.15) is 5.75 Å². The van der Waals surface area contributed by atoms with E-state index in [1.165, 1.54) is 5.56 Å². The highest BCUT2D eigenvalue weighted by atomic mass is 16.6. The number of aryl methyl sites for hydroxylation is 1. The van der Waals surface area contributed by atoms with Gasteiger partial charge < -0.3 is 14.5 Å². The van der Waals surface area contributed by atoms with E-state index in [1.54, 1.807) is 36.3 Å². The van der Waals surface area contributed by atoms with E-state index >= 15 is 0 Å². The van der Waals surface area contributed by atoms with Crippen LogP contribution in [0.25, 0.3) is 0 Å². The van der Waals surface area contributed by atoms with Crippen LogP contribution in [0.3, 0.4) is 0 Å². The van der Waals surface area contributed by atoms with Gasteiger partial charge in [0.05, 0.1) is 19.4 Å². The lowest BCUT2D eigenvalue weighted by molar-refractivity contribution is 0.0436. The average molecular weight is 352 g/mol. The van der Waals surface area contributed by atoms with E-state index in [0.29, 0.717) is 25.1 Å². The Morgan fingerprint density at radius 3 is 2.50 bits per heavy atom. The molecule has 0 saturated heterocycles. The summed E-state index contributed by atoms with van der Waals surface area (Å²) in [6, 6.07) is 15.4. The van der Waals surface area contributed by atoms with Crippen molar-refractivity contribution in [3.8, 4) is 5.75 Å². The van der Waals surface area contributed by atoms with Crippen molar-refractivity contribution in [2.75, 3.05) is 20.2 Å². The quantitative estimate of drug-likeness (QED) is 0.797. The molecule has 0 aliphatic carbocycles. The first-order valence-electron chi connectivity index (χ1n) is 8.83. The summed E-state index contributed by atoms with van der Waals surface area (Å²) in [5.41, 5.74) is 3.86. The smallest absolute Gasteiger partial charge is 0.253 e. The van der Waals surface area contributed by atoms with E-state index in [2.05, 4.69) is 36.3 Å². The van der Waals surface area contributed by atoms with Gasteiger partial charge in [-0.3, -0.25) is 4.79 Å². The van der Waals surface area contributed by atoms with Crippen LogP contribution in [0.15, 0.2) is 53.7 Å². The van der Waals surface area contributed by atoms with E-state index in [-0.39, 0.29) is 12.0 Å². The molecule has 0 unspecified atom stereocenters. The molecule has 0 bridgehead atoms. The minimum atomic E-state index is -0.117.